The van der Waals surface area contributed by atoms with Gasteiger partial charge in [-0.3, -0.25) is 9.97 Å². The molecule has 0 spiro atoms. The lowest BCUT2D eigenvalue weighted by atomic mass is 9.93. The zero-order valence-corrected chi connectivity index (χ0v) is 35.2. The van der Waals surface area contributed by atoms with Crippen molar-refractivity contribution in [2.24, 2.45) is 0 Å². The van der Waals surface area contributed by atoms with Crippen molar-refractivity contribution in [3.05, 3.63) is 197 Å². The van der Waals surface area contributed by atoms with E-state index in [-0.39, 0.29) is 28.3 Å². The summed E-state index contributed by atoms with van der Waals surface area (Å²) in [6.07, 6.45) is 2.88. The Morgan fingerprint density at radius 3 is 1.89 bits per heavy atom. The number of rotatable bonds is 8. The number of ether oxygens (including phenoxy) is 1. The number of pyridine rings is 3. The number of nitrogens with zero attached hydrogens (tertiary/aromatic N) is 3. The van der Waals surface area contributed by atoms with E-state index in [0.29, 0.717) is 44.5 Å². The minimum Gasteiger partial charge on any atom is -0.457 e. The predicted octanol–water partition coefficient (Wildman–Crippen LogP) is 15.7. The first-order valence-electron chi connectivity index (χ1n) is 25.2. The Morgan fingerprint density at radius 1 is 0.476 bits per heavy atom. The Kier molecular flexibility index (Phi) is 7.72. The van der Waals surface area contributed by atoms with Crippen molar-refractivity contribution in [1.82, 2.24) is 15.0 Å². The quantitative estimate of drug-likeness (QED) is 0.153. The fourth-order valence-corrected chi connectivity index (χ4v) is 8.29. The monoisotopic (exact) mass is 826 g/mol. The third-order valence-electron chi connectivity index (χ3n) is 11.7. The van der Waals surface area contributed by atoms with E-state index >= 15 is 0 Å². The molecule has 0 aliphatic heterocycles. The van der Waals surface area contributed by atoms with Gasteiger partial charge in [0, 0.05) is 52.3 Å². The molecule has 5 nitrogen and oxygen atoms in total. The van der Waals surface area contributed by atoms with Crippen molar-refractivity contribution >= 4 is 22.1 Å². The highest BCUT2D eigenvalue weighted by Crippen LogP contribution is 2.43. The molecule has 4 heterocycles. The number of benzene rings is 6. The van der Waals surface area contributed by atoms with Crippen molar-refractivity contribution in [1.29, 1.82) is 0 Å². The van der Waals surface area contributed by atoms with Crippen LogP contribution in [0.1, 0.15) is 51.4 Å². The van der Waals surface area contributed by atoms with Crippen LogP contribution in [0.3, 0.4) is 0 Å². The first kappa shape index (κ1) is 30.4. The number of furan rings is 1. The molecule has 10 rings (SSSR count). The molecule has 5 heteroatoms. The molecule has 0 amide bonds. The van der Waals surface area contributed by atoms with Gasteiger partial charge in [0.05, 0.1) is 11.4 Å². The molecule has 0 radical (unpaired) electrons. The molecule has 0 unspecified atom stereocenters. The van der Waals surface area contributed by atoms with Crippen molar-refractivity contribution in [3.8, 4) is 78.5 Å². The van der Waals surface area contributed by atoms with E-state index in [0.717, 1.165) is 62.0 Å². The van der Waals surface area contributed by atoms with Crippen LogP contribution in [-0.4, -0.2) is 15.0 Å². The van der Waals surface area contributed by atoms with Gasteiger partial charge in [0.2, 0.25) is 5.71 Å². The number of fused-ring (bicyclic) bond motifs is 3. The molecule has 0 atom stereocenters. The van der Waals surface area contributed by atoms with Crippen LogP contribution in [0.25, 0.3) is 89.1 Å². The molecule has 4 aromatic heterocycles. The van der Waals surface area contributed by atoms with Crippen LogP contribution >= 0.6 is 0 Å². The zero-order chi connectivity index (χ0) is 50.9. The van der Waals surface area contributed by atoms with Crippen LogP contribution in [0.4, 0.5) is 0 Å². The lowest BCUT2D eigenvalue weighted by molar-refractivity contribution is 0.480. The normalized spacial score (nSPS) is 14.1. The Morgan fingerprint density at radius 2 is 1.17 bits per heavy atom. The second-order valence-electron chi connectivity index (χ2n) is 16.1. The number of hydrogen-bond donors (Lipinski definition) is 0. The maximum Gasteiger partial charge on any atom is 0.227 e. The summed E-state index contributed by atoms with van der Waals surface area (Å²) in [6.45, 7) is -0.311. The molecular weight excluding hydrogens is 771 g/mol. The summed E-state index contributed by atoms with van der Waals surface area (Å²) in [5.41, 5.74) is 12.4. The van der Waals surface area contributed by atoms with Crippen molar-refractivity contribution in [3.63, 3.8) is 0 Å². The molecule has 0 saturated carbocycles. The highest BCUT2D eigenvalue weighted by Gasteiger charge is 2.21. The number of hydrogen-bond acceptors (Lipinski definition) is 5. The molecule has 0 N–H and O–H groups in total. The standard InChI is InChI=1S/C58H47N3O2/c1-34-13-23-48(36(3)25-34)50-31-55(60-33-38(50)5)53-30-47(29-52-49-24-14-39(6)61-58(49)63-57(52)53)62-56-28-46(54-26-35(2)37(4)32-59-54)27-51(40(56)7)45-21-19-44(20-22-45)43-17-15-42(16-18-43)41-11-9-8-10-12-41/h8-33H,1-7H3/i2D3,4D3,7D3. The maximum atomic E-state index is 9.06. The number of aryl methyl sites for hydroxylation is 6. The van der Waals surface area contributed by atoms with E-state index in [1.165, 1.54) is 12.1 Å². The van der Waals surface area contributed by atoms with Gasteiger partial charge in [0.25, 0.3) is 0 Å². The summed E-state index contributed by atoms with van der Waals surface area (Å²) in [5.74, 6) is 0.202. The van der Waals surface area contributed by atoms with Gasteiger partial charge in [0.15, 0.2) is 0 Å². The Hall–Kier alpha value is -7.63. The second-order valence-corrected chi connectivity index (χ2v) is 16.1. The second kappa shape index (κ2) is 16.0. The summed E-state index contributed by atoms with van der Waals surface area (Å²) in [6, 6.07) is 45.9. The molecular formula is C58H47N3O2. The lowest BCUT2D eigenvalue weighted by Gasteiger charge is -2.17. The zero-order valence-electron chi connectivity index (χ0n) is 44.2. The van der Waals surface area contributed by atoms with E-state index in [2.05, 4.69) is 61.3 Å². The van der Waals surface area contributed by atoms with Crippen LogP contribution in [0, 0.1) is 48.3 Å². The molecule has 10 aromatic rings. The van der Waals surface area contributed by atoms with E-state index in [1.807, 2.05) is 92.8 Å². The highest BCUT2D eigenvalue weighted by atomic mass is 16.5. The molecule has 0 aliphatic rings. The summed E-state index contributed by atoms with van der Waals surface area (Å²) in [4.78, 5) is 14.1. The molecule has 0 aliphatic carbocycles. The fourth-order valence-electron chi connectivity index (χ4n) is 8.29. The molecule has 306 valence electrons. The van der Waals surface area contributed by atoms with Crippen molar-refractivity contribution in [2.45, 2.75) is 48.3 Å². The Balaban J connectivity index is 1.17. The number of aromatic nitrogens is 3. The third kappa shape index (κ3) is 7.57. The smallest absolute Gasteiger partial charge is 0.227 e. The first-order chi connectivity index (χ1) is 34.2. The summed E-state index contributed by atoms with van der Waals surface area (Å²) in [5, 5.41) is 1.36. The van der Waals surface area contributed by atoms with Gasteiger partial charge in [0.1, 0.15) is 17.1 Å². The van der Waals surface area contributed by atoms with E-state index in [4.69, 9.17) is 31.5 Å². The molecule has 0 fully saturated rings. The van der Waals surface area contributed by atoms with Crippen LogP contribution in [0.5, 0.6) is 11.5 Å². The van der Waals surface area contributed by atoms with E-state index < -0.39 is 31.7 Å². The van der Waals surface area contributed by atoms with Crippen LogP contribution in [0.15, 0.2) is 162 Å². The molecule has 63 heavy (non-hydrogen) atoms. The minimum absolute atomic E-state index is 0.0555. The van der Waals surface area contributed by atoms with E-state index in [1.54, 1.807) is 18.2 Å². The SMILES string of the molecule is [2H]C([2H])([2H])c1cnc(-c2cc(Oc3cc(-c4cc(-c5ccc(C)cc5C)c(C)cn4)c4oc5nc(C)ccc5c4c3)c(C([2H])([2H])[2H])c(-c3ccc(-c4ccc(-c5ccccc5)cc4)cc3)c2)cc1C([2H])([2H])[2H]. The van der Waals surface area contributed by atoms with Crippen molar-refractivity contribution < 1.29 is 21.5 Å². The van der Waals surface area contributed by atoms with E-state index in [9.17, 15) is 0 Å². The molecule has 6 aromatic carbocycles. The van der Waals surface area contributed by atoms with Crippen LogP contribution in [-0.2, 0) is 0 Å². The Bertz CT molecular complexity index is 3710. The molecule has 0 saturated heterocycles. The van der Waals surface area contributed by atoms with Gasteiger partial charge in [-0.2, -0.15) is 0 Å². The minimum atomic E-state index is -2.81. The van der Waals surface area contributed by atoms with Gasteiger partial charge >= 0.3 is 0 Å². The Labute approximate surface area is 381 Å². The summed E-state index contributed by atoms with van der Waals surface area (Å²) >= 11 is 0. The van der Waals surface area contributed by atoms with Gasteiger partial charge in [-0.1, -0.05) is 103 Å². The third-order valence-corrected chi connectivity index (χ3v) is 11.7. The van der Waals surface area contributed by atoms with Crippen LogP contribution in [0.2, 0.25) is 0 Å². The highest BCUT2D eigenvalue weighted by molar-refractivity contribution is 6.09. The van der Waals surface area contributed by atoms with Gasteiger partial charge in [-0.15, -0.1) is 0 Å². The molecule has 0 bridgehead atoms. The average molecular weight is 827 g/mol. The maximum absolute atomic E-state index is 9.06. The average Bonchev–Trinajstić information content (AvgIpc) is 3.70. The van der Waals surface area contributed by atoms with Crippen LogP contribution < -0.4 is 4.74 Å². The predicted molar refractivity (Wildman–Crippen MR) is 259 cm³/mol. The van der Waals surface area contributed by atoms with Crippen molar-refractivity contribution in [2.75, 3.05) is 0 Å². The van der Waals surface area contributed by atoms with Gasteiger partial charge in [-0.25, -0.2) is 4.98 Å². The topological polar surface area (TPSA) is 61.0 Å². The summed E-state index contributed by atoms with van der Waals surface area (Å²) in [7, 11) is 0. The first-order valence-corrected chi connectivity index (χ1v) is 20.7. The van der Waals surface area contributed by atoms with Gasteiger partial charge in [-0.05, 0) is 169 Å². The lowest BCUT2D eigenvalue weighted by Crippen LogP contribution is -1.96. The summed E-state index contributed by atoms with van der Waals surface area (Å²) < 4.78 is 89.9. The largest absolute Gasteiger partial charge is 0.457 e. The fraction of sp³-hybridized carbons (Fsp3) is 0.121. The van der Waals surface area contributed by atoms with Gasteiger partial charge < -0.3 is 9.15 Å².